The molecule has 3 fully saturated rings. The number of amides is 1. The molecule has 3 rings (SSSR count). The number of alkyl carbamates (subject to hydrolysis) is 1. The van der Waals surface area contributed by atoms with Crippen molar-refractivity contribution in [3.63, 3.8) is 0 Å². The molecule has 0 aromatic carbocycles. The Morgan fingerprint density at radius 3 is 2.29 bits per heavy atom. The van der Waals surface area contributed by atoms with Gasteiger partial charge in [-0.1, -0.05) is 27.7 Å². The van der Waals surface area contributed by atoms with Crippen LogP contribution in [0, 0.1) is 17.8 Å². The smallest absolute Gasteiger partial charge is 0.408 e. The number of nitrogens with zero attached hydrogens (tertiary/aromatic N) is 2. The van der Waals surface area contributed by atoms with Crippen molar-refractivity contribution < 1.29 is 48.3 Å². The molecule has 0 bridgehead atoms. The minimum atomic E-state index is -1.20. The van der Waals surface area contributed by atoms with E-state index < -0.39 is 89.8 Å². The van der Waals surface area contributed by atoms with Gasteiger partial charge in [0.25, 0.3) is 0 Å². The minimum absolute atomic E-state index is 0.0151. The first-order valence-corrected chi connectivity index (χ1v) is 17.9. The number of rotatable bonds is 9. The third kappa shape index (κ3) is 9.12. The number of hydrogen-bond acceptors (Lipinski definition) is 13. The third-order valence-corrected chi connectivity index (χ3v) is 11.0. The number of esters is 1. The molecule has 0 aliphatic carbocycles. The molecule has 3 aliphatic heterocycles. The molecule has 1 amide bonds. The summed E-state index contributed by atoms with van der Waals surface area (Å²) in [5, 5.41) is 29.1. The number of cyclic esters (lactones) is 1. The number of Topliss-reactive ketones (excluding diaryl/α,β-unsaturated/α-hetero) is 1. The molecule has 0 aromatic heterocycles. The van der Waals surface area contributed by atoms with Gasteiger partial charge in [0.1, 0.15) is 18.1 Å². The molecule has 49 heavy (non-hydrogen) atoms. The van der Waals surface area contributed by atoms with Gasteiger partial charge in [-0.3, -0.25) is 9.59 Å². The van der Waals surface area contributed by atoms with E-state index in [2.05, 4.69) is 17.6 Å². The Hall–Kier alpha value is -1.91. The molecule has 0 spiro atoms. The van der Waals surface area contributed by atoms with Crippen molar-refractivity contribution >= 4 is 17.8 Å². The highest BCUT2D eigenvalue weighted by atomic mass is 16.7. The third-order valence-electron chi connectivity index (χ3n) is 11.0. The predicted octanol–water partition coefficient (Wildman–Crippen LogP) is 1.54. The maximum atomic E-state index is 14.3. The van der Waals surface area contributed by atoms with Gasteiger partial charge in [-0.05, 0) is 87.1 Å². The zero-order valence-corrected chi connectivity index (χ0v) is 31.7. The number of ether oxygens (including phenoxy) is 5. The van der Waals surface area contributed by atoms with Gasteiger partial charge >= 0.3 is 12.1 Å². The average Bonchev–Trinajstić information content (AvgIpc) is 3.40. The van der Waals surface area contributed by atoms with Crippen LogP contribution in [-0.2, 0) is 33.3 Å². The van der Waals surface area contributed by atoms with Gasteiger partial charge in [-0.2, -0.15) is 0 Å². The van der Waals surface area contributed by atoms with Crippen molar-refractivity contribution in [1.82, 2.24) is 20.4 Å². The molecule has 3 saturated heterocycles. The van der Waals surface area contributed by atoms with Crippen molar-refractivity contribution in [3.05, 3.63) is 0 Å². The molecule has 0 saturated carbocycles. The Bertz CT molecular complexity index is 1130. The standard InChI is InChI=1S/C35H64N4O10/c1-13-26-35(14-2)29(37-33(44)49-35)22(6)36-17-19(3)16-34(7,45-12)30(20(4)27(41)21(5)31(43)47-26)48-32-28(42)23(39(10)11)15-25(46-32)24(40)18-38(8)9/h19-26,28-30,32,36,40,42H,13-18H2,1-12H3,(H,37,44)/t19-,20+,21?,22-,23?,24?,25+,26-,28?,29-,30-,32+,34-,35-/m1/s1. The number of aliphatic hydroxyl groups excluding tert-OH is 2. The van der Waals surface area contributed by atoms with Crippen molar-refractivity contribution in [2.75, 3.05) is 48.4 Å². The van der Waals surface area contributed by atoms with Crippen LogP contribution in [0.2, 0.25) is 0 Å². The number of hydrogen-bond donors (Lipinski definition) is 4. The monoisotopic (exact) mass is 700 g/mol. The van der Waals surface area contributed by atoms with Gasteiger partial charge in [0.2, 0.25) is 0 Å². The van der Waals surface area contributed by atoms with E-state index in [9.17, 15) is 24.6 Å². The zero-order valence-electron chi connectivity index (χ0n) is 31.7. The fourth-order valence-corrected chi connectivity index (χ4v) is 8.03. The Labute approximate surface area is 292 Å². The highest BCUT2D eigenvalue weighted by Gasteiger charge is 2.57. The molecule has 4 unspecified atom stereocenters. The van der Waals surface area contributed by atoms with Crippen molar-refractivity contribution in [3.8, 4) is 0 Å². The summed E-state index contributed by atoms with van der Waals surface area (Å²) in [7, 11) is 8.97. The summed E-state index contributed by atoms with van der Waals surface area (Å²) in [5.74, 6) is -3.26. The van der Waals surface area contributed by atoms with Crippen LogP contribution < -0.4 is 10.6 Å². The van der Waals surface area contributed by atoms with Crippen LogP contribution in [0.1, 0.15) is 74.1 Å². The van der Waals surface area contributed by atoms with Gasteiger partial charge in [0.15, 0.2) is 17.7 Å². The zero-order chi connectivity index (χ0) is 37.0. The van der Waals surface area contributed by atoms with Gasteiger partial charge < -0.3 is 54.3 Å². The number of carbonyl (C=O) groups is 3. The van der Waals surface area contributed by atoms with E-state index in [-0.39, 0.29) is 12.0 Å². The predicted molar refractivity (Wildman–Crippen MR) is 183 cm³/mol. The van der Waals surface area contributed by atoms with E-state index in [0.29, 0.717) is 38.8 Å². The van der Waals surface area contributed by atoms with Crippen LogP contribution in [0.5, 0.6) is 0 Å². The second-order valence-corrected chi connectivity index (χ2v) is 15.3. The Kier molecular flexibility index (Phi) is 14.5. The van der Waals surface area contributed by atoms with E-state index in [1.54, 1.807) is 14.0 Å². The van der Waals surface area contributed by atoms with Gasteiger partial charge in [-0.25, -0.2) is 4.79 Å². The lowest BCUT2D eigenvalue weighted by atomic mass is 9.78. The lowest BCUT2D eigenvalue weighted by Gasteiger charge is -2.47. The fourth-order valence-electron chi connectivity index (χ4n) is 8.03. The van der Waals surface area contributed by atoms with Crippen LogP contribution in [-0.4, -0.2) is 152 Å². The summed E-state index contributed by atoms with van der Waals surface area (Å²) < 4.78 is 31.1. The second-order valence-electron chi connectivity index (χ2n) is 15.3. The molecule has 14 nitrogen and oxygen atoms in total. The number of fused-ring (bicyclic) bond motifs is 1. The molecule has 14 atom stereocenters. The Balaban J connectivity index is 2.05. The molecule has 4 N–H and O–H groups in total. The first-order valence-electron chi connectivity index (χ1n) is 17.9. The molecule has 0 aromatic rings. The van der Waals surface area contributed by atoms with Crippen LogP contribution >= 0.6 is 0 Å². The van der Waals surface area contributed by atoms with Crippen LogP contribution in [0.3, 0.4) is 0 Å². The largest absolute Gasteiger partial charge is 0.457 e. The van der Waals surface area contributed by atoms with E-state index in [1.807, 2.05) is 65.7 Å². The number of likely N-dealkylation sites (N-methyl/N-ethyl adjacent to an activating group) is 2. The summed E-state index contributed by atoms with van der Waals surface area (Å²) in [6.07, 6.45) is -4.61. The first-order chi connectivity index (χ1) is 22.8. The van der Waals surface area contributed by atoms with Crippen molar-refractivity contribution in [2.45, 2.75) is 140 Å². The lowest BCUT2D eigenvalue weighted by Crippen LogP contribution is -2.61. The molecular weight excluding hydrogens is 636 g/mol. The van der Waals surface area contributed by atoms with Gasteiger partial charge in [-0.15, -0.1) is 0 Å². The summed E-state index contributed by atoms with van der Waals surface area (Å²) >= 11 is 0. The van der Waals surface area contributed by atoms with Crippen LogP contribution in [0.15, 0.2) is 0 Å². The van der Waals surface area contributed by atoms with Crippen molar-refractivity contribution in [2.24, 2.45) is 17.8 Å². The van der Waals surface area contributed by atoms with E-state index in [4.69, 9.17) is 23.7 Å². The Morgan fingerprint density at radius 2 is 1.73 bits per heavy atom. The number of aliphatic hydroxyl groups is 2. The van der Waals surface area contributed by atoms with Gasteiger partial charge in [0, 0.05) is 31.7 Å². The fraction of sp³-hybridized carbons (Fsp3) is 0.914. The summed E-state index contributed by atoms with van der Waals surface area (Å²) in [6.45, 7) is 13.7. The van der Waals surface area contributed by atoms with Gasteiger partial charge in [0.05, 0.1) is 30.0 Å². The average molecular weight is 701 g/mol. The highest BCUT2D eigenvalue weighted by molar-refractivity contribution is 6.00. The number of nitrogens with one attached hydrogen (secondary N) is 2. The van der Waals surface area contributed by atoms with Crippen molar-refractivity contribution in [1.29, 1.82) is 0 Å². The second kappa shape index (κ2) is 17.1. The SMILES string of the molecule is CC[C@H]1OC(=O)C(C)C(=O)[C@H](C)[C@@H](O[C@@H]2O[C@H](C(O)CN(C)C)CC(N(C)C)C2O)[C@](C)(OC)C[C@@H](C)CN[C@H](C)[C@H]2NC(=O)O[C@@]21CC. The molecular formula is C35H64N4O10. The van der Waals surface area contributed by atoms with E-state index in [1.165, 1.54) is 6.92 Å². The summed E-state index contributed by atoms with van der Waals surface area (Å²) in [5.41, 5.74) is -2.22. The molecule has 3 aliphatic rings. The van der Waals surface area contributed by atoms with E-state index >= 15 is 0 Å². The maximum Gasteiger partial charge on any atom is 0.408 e. The molecule has 284 valence electrons. The molecule has 3 heterocycles. The normalized spacial score (nSPS) is 42.1. The van der Waals surface area contributed by atoms with Crippen LogP contribution in [0.25, 0.3) is 0 Å². The molecule has 0 radical (unpaired) electrons. The maximum absolute atomic E-state index is 14.3. The lowest BCUT2D eigenvalue weighted by molar-refractivity contribution is -0.307. The quantitative estimate of drug-likeness (QED) is 0.202. The number of ketones is 1. The molecule has 14 heteroatoms. The summed E-state index contributed by atoms with van der Waals surface area (Å²) in [4.78, 5) is 44.4. The highest BCUT2D eigenvalue weighted by Crippen LogP contribution is 2.39. The topological polar surface area (TPSA) is 168 Å². The van der Waals surface area contributed by atoms with Crippen LogP contribution in [0.4, 0.5) is 4.79 Å². The minimum Gasteiger partial charge on any atom is -0.457 e. The number of methoxy groups -OCH3 is 1. The Morgan fingerprint density at radius 1 is 1.08 bits per heavy atom. The summed E-state index contributed by atoms with van der Waals surface area (Å²) in [6, 6.07) is -1.16. The van der Waals surface area contributed by atoms with E-state index in [0.717, 1.165) is 0 Å². The first kappa shape index (κ1) is 41.5. The number of carbonyl (C=O) groups excluding carboxylic acids is 3.